The largest absolute Gasteiger partial charge is 0.436 e. The van der Waals surface area contributed by atoms with Crippen molar-refractivity contribution < 1.29 is 13.9 Å². The molecule has 0 bridgehead atoms. The molecule has 0 atom stereocenters. The molecule has 4 aromatic rings. The second kappa shape index (κ2) is 8.22. The van der Waals surface area contributed by atoms with Gasteiger partial charge in [-0.05, 0) is 48.7 Å². The lowest BCUT2D eigenvalue weighted by Gasteiger charge is -2.13. The first-order valence-corrected chi connectivity index (χ1v) is 10.5. The fraction of sp³-hybridized carbons (Fsp3) is 0.217. The Morgan fingerprint density at radius 2 is 2.09 bits per heavy atom. The van der Waals surface area contributed by atoms with Gasteiger partial charge in [0.15, 0.2) is 11.5 Å². The minimum absolute atomic E-state index is 0.182. The highest BCUT2D eigenvalue weighted by atomic mass is 35.5. The number of nitrogens with one attached hydrogen (secondary N) is 2. The number of amides is 1. The number of aryl methyl sites for hydroxylation is 2. The molecule has 0 saturated carbocycles. The molecule has 9 heteroatoms. The topological polar surface area (TPSA) is 106 Å². The van der Waals surface area contributed by atoms with E-state index < -0.39 is 0 Å². The van der Waals surface area contributed by atoms with Crippen molar-refractivity contribution in [2.45, 2.75) is 20.3 Å². The van der Waals surface area contributed by atoms with Crippen molar-refractivity contribution in [3.8, 4) is 11.4 Å². The van der Waals surface area contributed by atoms with Crippen molar-refractivity contribution in [1.82, 2.24) is 19.9 Å². The SMILES string of the molecule is Cc1nc(C)c(C(=O)Nc2ccc(Cl)c(-c3nc4ncc(C5=CCOCC5)cc4[nH]3)c2)o1. The van der Waals surface area contributed by atoms with E-state index in [4.69, 9.17) is 20.8 Å². The summed E-state index contributed by atoms with van der Waals surface area (Å²) in [6, 6.07) is 7.23. The van der Waals surface area contributed by atoms with Crippen LogP contribution in [0.25, 0.3) is 28.1 Å². The van der Waals surface area contributed by atoms with Crippen LogP contribution in [0.1, 0.15) is 34.1 Å². The van der Waals surface area contributed by atoms with Gasteiger partial charge in [0, 0.05) is 24.4 Å². The van der Waals surface area contributed by atoms with E-state index in [2.05, 4.69) is 31.3 Å². The molecule has 0 unspecified atom stereocenters. The van der Waals surface area contributed by atoms with E-state index >= 15 is 0 Å². The summed E-state index contributed by atoms with van der Waals surface area (Å²) < 4.78 is 10.8. The number of pyridine rings is 1. The Hall–Kier alpha value is -3.49. The lowest BCUT2D eigenvalue weighted by atomic mass is 10.0. The van der Waals surface area contributed by atoms with E-state index in [1.54, 1.807) is 32.0 Å². The van der Waals surface area contributed by atoms with Crippen LogP contribution < -0.4 is 5.32 Å². The van der Waals surface area contributed by atoms with Crippen LogP contribution in [0.4, 0.5) is 5.69 Å². The lowest BCUT2D eigenvalue weighted by molar-refractivity contribution is 0.0994. The average molecular weight is 450 g/mol. The summed E-state index contributed by atoms with van der Waals surface area (Å²) >= 11 is 6.45. The van der Waals surface area contributed by atoms with Crippen LogP contribution in [0.2, 0.25) is 5.02 Å². The van der Waals surface area contributed by atoms with Crippen LogP contribution in [0.5, 0.6) is 0 Å². The Morgan fingerprint density at radius 3 is 2.84 bits per heavy atom. The number of rotatable bonds is 4. The smallest absolute Gasteiger partial charge is 0.293 e. The van der Waals surface area contributed by atoms with Crippen molar-refractivity contribution in [2.24, 2.45) is 0 Å². The molecular weight excluding hydrogens is 430 g/mol. The number of oxazole rings is 1. The molecule has 162 valence electrons. The van der Waals surface area contributed by atoms with Gasteiger partial charge in [0.1, 0.15) is 5.82 Å². The van der Waals surface area contributed by atoms with Gasteiger partial charge in [-0.1, -0.05) is 17.7 Å². The van der Waals surface area contributed by atoms with Crippen LogP contribution in [-0.4, -0.2) is 39.1 Å². The van der Waals surface area contributed by atoms with E-state index in [0.717, 1.165) is 17.5 Å². The number of carbonyl (C=O) groups is 1. The predicted molar refractivity (Wildman–Crippen MR) is 122 cm³/mol. The van der Waals surface area contributed by atoms with Gasteiger partial charge in [0.05, 0.1) is 29.4 Å². The minimum Gasteiger partial charge on any atom is -0.436 e. The number of H-pyrrole nitrogens is 1. The molecule has 3 aromatic heterocycles. The maximum atomic E-state index is 12.6. The molecule has 1 aliphatic rings. The zero-order chi connectivity index (χ0) is 22.2. The first-order valence-electron chi connectivity index (χ1n) is 10.2. The van der Waals surface area contributed by atoms with Gasteiger partial charge in [-0.15, -0.1) is 0 Å². The molecule has 8 nitrogen and oxygen atoms in total. The number of benzene rings is 1. The van der Waals surface area contributed by atoms with Gasteiger partial charge in [0.2, 0.25) is 5.76 Å². The number of fused-ring (bicyclic) bond motifs is 1. The summed E-state index contributed by atoms with van der Waals surface area (Å²) in [6.07, 6.45) is 4.75. The second-order valence-electron chi connectivity index (χ2n) is 7.53. The molecule has 0 spiro atoms. The molecule has 4 heterocycles. The third kappa shape index (κ3) is 3.90. The van der Waals surface area contributed by atoms with Gasteiger partial charge in [-0.2, -0.15) is 0 Å². The average Bonchev–Trinajstić information content (AvgIpc) is 3.37. The molecule has 0 fully saturated rings. The van der Waals surface area contributed by atoms with E-state index in [-0.39, 0.29) is 11.7 Å². The Kier molecular flexibility index (Phi) is 5.24. The molecule has 1 aromatic carbocycles. The number of ether oxygens (including phenoxy) is 1. The van der Waals surface area contributed by atoms with E-state index in [1.807, 2.05) is 12.3 Å². The number of imidazole rings is 1. The number of hydrogen-bond donors (Lipinski definition) is 2. The van der Waals surface area contributed by atoms with Crippen molar-refractivity contribution in [1.29, 1.82) is 0 Å². The molecule has 2 N–H and O–H groups in total. The summed E-state index contributed by atoms with van der Waals surface area (Å²) in [4.78, 5) is 29.1. The molecule has 0 aliphatic carbocycles. The molecule has 0 radical (unpaired) electrons. The summed E-state index contributed by atoms with van der Waals surface area (Å²) in [5.74, 6) is 0.812. The van der Waals surface area contributed by atoms with Crippen molar-refractivity contribution in [2.75, 3.05) is 18.5 Å². The number of aromatic nitrogens is 4. The van der Waals surface area contributed by atoms with Gasteiger partial charge >= 0.3 is 0 Å². The van der Waals surface area contributed by atoms with Crippen LogP contribution in [0.3, 0.4) is 0 Å². The van der Waals surface area contributed by atoms with Gasteiger partial charge in [-0.25, -0.2) is 15.0 Å². The fourth-order valence-corrected chi connectivity index (χ4v) is 3.91. The monoisotopic (exact) mass is 449 g/mol. The maximum Gasteiger partial charge on any atom is 0.293 e. The zero-order valence-electron chi connectivity index (χ0n) is 17.5. The third-order valence-corrected chi connectivity index (χ3v) is 5.59. The van der Waals surface area contributed by atoms with E-state index in [9.17, 15) is 4.79 Å². The van der Waals surface area contributed by atoms with Crippen LogP contribution >= 0.6 is 11.6 Å². The first-order chi connectivity index (χ1) is 15.5. The number of anilines is 1. The highest BCUT2D eigenvalue weighted by Gasteiger charge is 2.18. The Labute approximate surface area is 188 Å². The lowest BCUT2D eigenvalue weighted by Crippen LogP contribution is -2.12. The molecule has 1 amide bonds. The van der Waals surface area contributed by atoms with Gasteiger partial charge < -0.3 is 19.5 Å². The fourth-order valence-electron chi connectivity index (χ4n) is 3.71. The van der Waals surface area contributed by atoms with Crippen LogP contribution in [0, 0.1) is 13.8 Å². The number of halogens is 1. The second-order valence-corrected chi connectivity index (χ2v) is 7.94. The number of aromatic amines is 1. The van der Waals surface area contributed by atoms with Gasteiger partial charge in [0.25, 0.3) is 5.91 Å². The molecule has 32 heavy (non-hydrogen) atoms. The van der Waals surface area contributed by atoms with Crippen LogP contribution in [-0.2, 0) is 4.74 Å². The maximum absolute atomic E-state index is 12.6. The Balaban J connectivity index is 1.45. The summed E-state index contributed by atoms with van der Waals surface area (Å²) in [7, 11) is 0. The van der Waals surface area contributed by atoms with Crippen molar-refractivity contribution in [3.05, 3.63) is 64.5 Å². The Bertz CT molecular complexity index is 1370. The van der Waals surface area contributed by atoms with E-state index in [0.29, 0.717) is 52.5 Å². The zero-order valence-corrected chi connectivity index (χ0v) is 18.3. The first kappa shape index (κ1) is 20.4. The standard InChI is InChI=1S/C23H20ClN5O3/c1-12-20(32-13(2)26-12)23(30)27-16-3-4-18(24)17(10-16)21-28-19-9-15(11-25-22(19)29-21)14-5-7-31-8-6-14/h3-5,9-11H,6-8H2,1-2H3,(H,27,30)(H,25,28,29). The van der Waals surface area contributed by atoms with Gasteiger partial charge in [-0.3, -0.25) is 4.79 Å². The quantitative estimate of drug-likeness (QED) is 0.457. The van der Waals surface area contributed by atoms with E-state index in [1.165, 1.54) is 5.57 Å². The predicted octanol–water partition coefficient (Wildman–Crippen LogP) is 4.94. The molecular formula is C23H20ClN5O3. The summed E-state index contributed by atoms with van der Waals surface area (Å²) in [5.41, 5.74) is 5.40. The normalized spacial score (nSPS) is 13.9. The molecule has 1 aliphatic heterocycles. The molecule has 5 rings (SSSR count). The highest BCUT2D eigenvalue weighted by molar-refractivity contribution is 6.33. The highest BCUT2D eigenvalue weighted by Crippen LogP contribution is 2.31. The summed E-state index contributed by atoms with van der Waals surface area (Å²) in [5, 5.41) is 3.33. The third-order valence-electron chi connectivity index (χ3n) is 5.26. The van der Waals surface area contributed by atoms with Crippen molar-refractivity contribution >= 4 is 39.9 Å². The Morgan fingerprint density at radius 1 is 1.22 bits per heavy atom. The van der Waals surface area contributed by atoms with Crippen molar-refractivity contribution in [3.63, 3.8) is 0 Å². The minimum atomic E-state index is -0.378. The number of nitrogens with zero attached hydrogens (tertiary/aromatic N) is 3. The number of hydrogen-bond acceptors (Lipinski definition) is 6. The summed E-state index contributed by atoms with van der Waals surface area (Å²) in [6.45, 7) is 4.75. The number of carbonyl (C=O) groups excluding carboxylic acids is 1. The molecule has 0 saturated heterocycles. The van der Waals surface area contributed by atoms with Crippen LogP contribution in [0.15, 0.2) is 41.0 Å².